The molecule has 0 radical (unpaired) electrons. The Labute approximate surface area is 165 Å². The van der Waals surface area contributed by atoms with Gasteiger partial charge in [-0.05, 0) is 35.9 Å². The van der Waals surface area contributed by atoms with Gasteiger partial charge in [0.1, 0.15) is 4.32 Å². The molecule has 0 saturated carbocycles. The molecule has 27 heavy (non-hydrogen) atoms. The van der Waals surface area contributed by atoms with Gasteiger partial charge in [-0.25, -0.2) is 0 Å². The zero-order valence-corrected chi connectivity index (χ0v) is 16.0. The first-order chi connectivity index (χ1) is 13.0. The lowest BCUT2D eigenvalue weighted by Crippen LogP contribution is -2.20. The van der Waals surface area contributed by atoms with Crippen LogP contribution in [0.15, 0.2) is 53.4 Å². The van der Waals surface area contributed by atoms with Crippen molar-refractivity contribution in [2.75, 3.05) is 19.0 Å². The van der Waals surface area contributed by atoms with Gasteiger partial charge in [0.15, 0.2) is 18.1 Å². The molecule has 2 N–H and O–H groups in total. The maximum atomic E-state index is 12.0. The molecule has 138 valence electrons. The number of rotatable bonds is 6. The maximum absolute atomic E-state index is 12.0. The highest BCUT2D eigenvalue weighted by atomic mass is 32.2. The molecule has 6 nitrogen and oxygen atoms in total. The van der Waals surface area contributed by atoms with Crippen LogP contribution in [0.2, 0.25) is 0 Å². The van der Waals surface area contributed by atoms with Gasteiger partial charge in [-0.3, -0.25) is 9.59 Å². The van der Waals surface area contributed by atoms with Gasteiger partial charge in [-0.1, -0.05) is 48.2 Å². The number of carbonyl (C=O) groups excluding carboxylic acids is 2. The monoisotopic (exact) mass is 400 g/mol. The molecule has 1 aliphatic rings. The third-order valence-corrected chi connectivity index (χ3v) is 4.71. The van der Waals surface area contributed by atoms with Crippen LogP contribution >= 0.6 is 24.0 Å². The largest absolute Gasteiger partial charge is 0.493 e. The molecule has 2 aromatic rings. The number of amides is 2. The van der Waals surface area contributed by atoms with E-state index < -0.39 is 0 Å². The topological polar surface area (TPSA) is 76.7 Å². The molecule has 1 heterocycles. The Balaban J connectivity index is 1.66. The lowest BCUT2D eigenvalue weighted by molar-refractivity contribution is -0.118. The SMILES string of the molecule is COc1cc(C=C2SC(=S)NC2=O)ccc1OCC(=O)Nc1ccccc1. The van der Waals surface area contributed by atoms with Crippen molar-refractivity contribution in [3.05, 3.63) is 59.0 Å². The first-order valence-electron chi connectivity index (χ1n) is 7.96. The van der Waals surface area contributed by atoms with E-state index in [0.29, 0.717) is 26.4 Å². The first kappa shape index (κ1) is 18.9. The molecular formula is C19H16N2O4S2. The third kappa shape index (κ3) is 5.08. The first-order valence-corrected chi connectivity index (χ1v) is 9.18. The van der Waals surface area contributed by atoms with E-state index in [1.54, 1.807) is 36.4 Å². The summed E-state index contributed by atoms with van der Waals surface area (Å²) in [6, 6.07) is 14.3. The number of hydrogen-bond donors (Lipinski definition) is 2. The number of anilines is 1. The summed E-state index contributed by atoms with van der Waals surface area (Å²) in [5.74, 6) is 0.397. The minimum Gasteiger partial charge on any atom is -0.493 e. The lowest BCUT2D eigenvalue weighted by Gasteiger charge is -2.11. The molecule has 1 aliphatic heterocycles. The minimum atomic E-state index is -0.276. The minimum absolute atomic E-state index is 0.155. The summed E-state index contributed by atoms with van der Waals surface area (Å²) in [7, 11) is 1.51. The number of benzene rings is 2. The summed E-state index contributed by atoms with van der Waals surface area (Å²) in [5, 5.41) is 5.31. The van der Waals surface area contributed by atoms with Crippen molar-refractivity contribution in [1.29, 1.82) is 0 Å². The Bertz CT molecular complexity index is 913. The van der Waals surface area contributed by atoms with E-state index in [0.717, 1.165) is 5.56 Å². The van der Waals surface area contributed by atoms with Crippen LogP contribution in [0.5, 0.6) is 11.5 Å². The molecule has 2 amide bonds. The van der Waals surface area contributed by atoms with Gasteiger partial charge < -0.3 is 20.1 Å². The van der Waals surface area contributed by atoms with Crippen LogP contribution in [-0.2, 0) is 9.59 Å². The highest BCUT2D eigenvalue weighted by Crippen LogP contribution is 2.31. The average Bonchev–Trinajstić information content (AvgIpc) is 2.98. The summed E-state index contributed by atoms with van der Waals surface area (Å²) < 4.78 is 11.3. The van der Waals surface area contributed by atoms with Crippen LogP contribution in [0.4, 0.5) is 5.69 Å². The average molecular weight is 400 g/mol. The fourth-order valence-corrected chi connectivity index (χ4v) is 3.37. The molecule has 0 atom stereocenters. The normalized spacial score (nSPS) is 14.8. The number of para-hydroxylation sites is 1. The van der Waals surface area contributed by atoms with E-state index in [9.17, 15) is 9.59 Å². The second-order valence-corrected chi connectivity index (χ2v) is 7.18. The van der Waals surface area contributed by atoms with E-state index in [1.165, 1.54) is 18.9 Å². The number of carbonyl (C=O) groups is 2. The molecule has 1 fully saturated rings. The second-order valence-electron chi connectivity index (χ2n) is 5.47. The van der Waals surface area contributed by atoms with Crippen LogP contribution in [0.3, 0.4) is 0 Å². The van der Waals surface area contributed by atoms with Crippen molar-refractivity contribution >= 4 is 51.9 Å². The number of ether oxygens (including phenoxy) is 2. The van der Waals surface area contributed by atoms with E-state index in [4.69, 9.17) is 21.7 Å². The van der Waals surface area contributed by atoms with Gasteiger partial charge in [-0.2, -0.15) is 0 Å². The molecule has 0 aliphatic carbocycles. The van der Waals surface area contributed by atoms with Gasteiger partial charge >= 0.3 is 0 Å². The highest BCUT2D eigenvalue weighted by Gasteiger charge is 2.22. The number of thiocarbonyl (C=S) groups is 1. The lowest BCUT2D eigenvalue weighted by atomic mass is 10.2. The van der Waals surface area contributed by atoms with Gasteiger partial charge in [0.05, 0.1) is 12.0 Å². The predicted molar refractivity (Wildman–Crippen MR) is 110 cm³/mol. The molecule has 0 aromatic heterocycles. The fourth-order valence-electron chi connectivity index (χ4n) is 2.33. The van der Waals surface area contributed by atoms with E-state index >= 15 is 0 Å². The van der Waals surface area contributed by atoms with Gasteiger partial charge in [0, 0.05) is 5.69 Å². The quantitative estimate of drug-likeness (QED) is 0.573. The summed E-state index contributed by atoms with van der Waals surface area (Å²) in [6.07, 6.45) is 1.72. The van der Waals surface area contributed by atoms with Crippen LogP contribution in [0.25, 0.3) is 6.08 Å². The summed E-state index contributed by atoms with van der Waals surface area (Å²) in [6.45, 7) is -0.155. The van der Waals surface area contributed by atoms with Crippen LogP contribution in [-0.4, -0.2) is 29.9 Å². The Morgan fingerprint density at radius 3 is 2.67 bits per heavy atom. The maximum Gasteiger partial charge on any atom is 0.263 e. The van der Waals surface area contributed by atoms with Crippen LogP contribution in [0.1, 0.15) is 5.56 Å². The Kier molecular flexibility index (Phi) is 6.10. The summed E-state index contributed by atoms with van der Waals surface area (Å²) >= 11 is 6.18. The smallest absolute Gasteiger partial charge is 0.263 e. The van der Waals surface area contributed by atoms with Crippen LogP contribution in [0, 0.1) is 0 Å². The van der Waals surface area contributed by atoms with Gasteiger partial charge in [-0.15, -0.1) is 0 Å². The number of thioether (sulfide) groups is 1. The molecule has 1 saturated heterocycles. The molecule has 0 spiro atoms. The Hall–Kier alpha value is -2.84. The molecule has 0 bridgehead atoms. The molecular weight excluding hydrogens is 384 g/mol. The summed E-state index contributed by atoms with van der Waals surface area (Å²) in [5.41, 5.74) is 1.46. The van der Waals surface area contributed by atoms with E-state index in [1.807, 2.05) is 18.2 Å². The Morgan fingerprint density at radius 2 is 2.00 bits per heavy atom. The van der Waals surface area contributed by atoms with E-state index in [2.05, 4.69) is 10.6 Å². The zero-order valence-electron chi connectivity index (χ0n) is 14.4. The third-order valence-electron chi connectivity index (χ3n) is 3.54. The van der Waals surface area contributed by atoms with Gasteiger partial charge in [0.2, 0.25) is 0 Å². The van der Waals surface area contributed by atoms with Crippen molar-refractivity contribution in [3.63, 3.8) is 0 Å². The molecule has 2 aromatic carbocycles. The number of methoxy groups -OCH3 is 1. The summed E-state index contributed by atoms with van der Waals surface area (Å²) in [4.78, 5) is 24.3. The highest BCUT2D eigenvalue weighted by molar-refractivity contribution is 8.26. The number of hydrogen-bond acceptors (Lipinski definition) is 6. The van der Waals surface area contributed by atoms with Crippen molar-refractivity contribution in [2.24, 2.45) is 0 Å². The van der Waals surface area contributed by atoms with Gasteiger partial charge in [0.25, 0.3) is 11.8 Å². The zero-order chi connectivity index (χ0) is 19.2. The van der Waals surface area contributed by atoms with Crippen molar-refractivity contribution in [3.8, 4) is 11.5 Å². The van der Waals surface area contributed by atoms with Crippen molar-refractivity contribution in [1.82, 2.24) is 5.32 Å². The van der Waals surface area contributed by atoms with E-state index in [-0.39, 0.29) is 18.4 Å². The fraction of sp³-hybridized carbons (Fsp3) is 0.105. The Morgan fingerprint density at radius 1 is 1.22 bits per heavy atom. The predicted octanol–water partition coefficient (Wildman–Crippen LogP) is 3.20. The van der Waals surface area contributed by atoms with Crippen molar-refractivity contribution in [2.45, 2.75) is 0 Å². The van der Waals surface area contributed by atoms with Crippen molar-refractivity contribution < 1.29 is 19.1 Å². The number of nitrogens with one attached hydrogen (secondary N) is 2. The molecule has 8 heteroatoms. The molecule has 0 unspecified atom stereocenters. The second kappa shape index (κ2) is 8.70. The standard InChI is InChI=1S/C19H16N2O4S2/c1-24-15-9-12(10-16-18(23)21-19(26)27-16)7-8-14(15)25-11-17(22)20-13-5-3-2-4-6-13/h2-10H,11H2,1H3,(H,20,22)(H,21,23,26). The van der Waals surface area contributed by atoms with Crippen LogP contribution < -0.4 is 20.1 Å². The molecule has 3 rings (SSSR count).